The largest absolute Gasteiger partial charge is 0.416 e. The topological polar surface area (TPSA) is 94.5 Å². The van der Waals surface area contributed by atoms with E-state index < -0.39 is 11.7 Å². The van der Waals surface area contributed by atoms with Crippen molar-refractivity contribution >= 4 is 22.8 Å². The number of nitrogens with one attached hydrogen (secondary N) is 1. The van der Waals surface area contributed by atoms with E-state index in [-0.39, 0.29) is 5.82 Å². The normalized spacial score (nSPS) is 11.6. The summed E-state index contributed by atoms with van der Waals surface area (Å²) in [6.07, 6.45) is -2.02. The molecule has 176 valence electrons. The smallest absolute Gasteiger partial charge is 0.383 e. The highest BCUT2D eigenvalue weighted by Gasteiger charge is 2.30. The maximum atomic E-state index is 13.0. The van der Waals surface area contributed by atoms with Crippen LogP contribution in [0.1, 0.15) is 11.3 Å². The third-order valence-electron chi connectivity index (χ3n) is 5.45. The van der Waals surface area contributed by atoms with Gasteiger partial charge in [0.25, 0.3) is 0 Å². The number of nitrogens with zero attached hydrogens (tertiary/aromatic N) is 5. The molecule has 7 nitrogen and oxygen atoms in total. The molecule has 2 aromatic carbocycles. The minimum absolute atomic E-state index is 0.235. The van der Waals surface area contributed by atoms with Crippen molar-refractivity contribution in [3.63, 3.8) is 0 Å². The van der Waals surface area contributed by atoms with E-state index in [9.17, 15) is 13.2 Å². The van der Waals surface area contributed by atoms with Crippen LogP contribution in [0.4, 0.5) is 24.9 Å². The Hall–Kier alpha value is -4.47. The number of aromatic nitrogens is 5. The summed E-state index contributed by atoms with van der Waals surface area (Å²) in [6, 6.07) is 19.8. The second-order valence-corrected chi connectivity index (χ2v) is 7.80. The Kier molecular flexibility index (Phi) is 5.77. The summed E-state index contributed by atoms with van der Waals surface area (Å²) < 4.78 is 40.3. The number of hydrogen-bond acceptors (Lipinski definition) is 6. The highest BCUT2D eigenvalue weighted by atomic mass is 19.4. The molecule has 35 heavy (non-hydrogen) atoms. The summed E-state index contributed by atoms with van der Waals surface area (Å²) in [6.45, 7) is 0.547. The molecule has 5 aromatic rings. The molecule has 0 spiro atoms. The van der Waals surface area contributed by atoms with E-state index in [0.717, 1.165) is 23.4 Å². The van der Waals surface area contributed by atoms with Crippen molar-refractivity contribution in [3.05, 3.63) is 90.3 Å². The van der Waals surface area contributed by atoms with Crippen LogP contribution in [0.2, 0.25) is 0 Å². The van der Waals surface area contributed by atoms with Gasteiger partial charge in [0.2, 0.25) is 5.95 Å². The zero-order chi connectivity index (χ0) is 24.4. The molecule has 0 fully saturated rings. The van der Waals surface area contributed by atoms with Gasteiger partial charge in [-0.05, 0) is 36.4 Å². The molecule has 5 rings (SSSR count). The minimum atomic E-state index is -4.43. The SMILES string of the molecule is Nc1c2c(-c3ccccc3)nc(NCCc3ccccn3)nc2nn1-c1ccc(C(F)(F)F)cc1. The molecule has 0 atom stereocenters. The maximum Gasteiger partial charge on any atom is 0.416 e. The molecular weight excluding hydrogens is 455 g/mol. The van der Waals surface area contributed by atoms with E-state index >= 15 is 0 Å². The molecule has 3 N–H and O–H groups in total. The van der Waals surface area contributed by atoms with Crippen molar-refractivity contribution in [1.29, 1.82) is 0 Å². The number of alkyl halides is 3. The fourth-order valence-corrected chi connectivity index (χ4v) is 3.73. The van der Waals surface area contributed by atoms with Gasteiger partial charge in [-0.25, -0.2) is 9.67 Å². The van der Waals surface area contributed by atoms with Gasteiger partial charge in [0.15, 0.2) is 5.65 Å². The molecule has 0 saturated carbocycles. The first kappa shape index (κ1) is 22.3. The number of anilines is 2. The molecule has 0 saturated heterocycles. The van der Waals surface area contributed by atoms with E-state index in [2.05, 4.69) is 20.4 Å². The van der Waals surface area contributed by atoms with Gasteiger partial charge >= 0.3 is 6.18 Å². The Labute approximate surface area is 198 Å². The number of fused-ring (bicyclic) bond motifs is 1. The van der Waals surface area contributed by atoms with Crippen LogP contribution >= 0.6 is 0 Å². The second kappa shape index (κ2) is 9.05. The van der Waals surface area contributed by atoms with Crippen molar-refractivity contribution in [2.75, 3.05) is 17.6 Å². The van der Waals surface area contributed by atoms with Gasteiger partial charge in [0, 0.05) is 30.4 Å². The fourth-order valence-electron chi connectivity index (χ4n) is 3.73. The number of halogens is 3. The number of nitrogen functional groups attached to an aromatic ring is 1. The third-order valence-corrected chi connectivity index (χ3v) is 5.45. The number of nitrogens with two attached hydrogens (primary N) is 1. The van der Waals surface area contributed by atoms with Crippen LogP contribution in [0.15, 0.2) is 79.0 Å². The molecule has 10 heteroatoms. The summed E-state index contributed by atoms with van der Waals surface area (Å²) in [7, 11) is 0. The van der Waals surface area contributed by atoms with Gasteiger partial charge in [-0.2, -0.15) is 18.2 Å². The Morgan fingerprint density at radius 1 is 0.886 bits per heavy atom. The summed E-state index contributed by atoms with van der Waals surface area (Å²) in [5.74, 6) is 0.600. The molecule has 0 amide bonds. The zero-order valence-corrected chi connectivity index (χ0v) is 18.4. The highest BCUT2D eigenvalue weighted by Crippen LogP contribution is 2.34. The first-order valence-corrected chi connectivity index (χ1v) is 10.8. The van der Waals surface area contributed by atoms with Gasteiger partial charge in [-0.15, -0.1) is 5.10 Å². The van der Waals surface area contributed by atoms with E-state index in [1.807, 2.05) is 48.5 Å². The van der Waals surface area contributed by atoms with Crippen LogP contribution in [0.25, 0.3) is 28.0 Å². The molecule has 0 aliphatic rings. The molecule has 3 aromatic heterocycles. The average Bonchev–Trinajstić information content (AvgIpc) is 3.20. The summed E-state index contributed by atoms with van der Waals surface area (Å²) in [5.41, 5.74) is 8.71. The maximum absolute atomic E-state index is 13.0. The predicted octanol–water partition coefficient (Wildman–Crippen LogP) is 5.13. The fraction of sp³-hybridized carbons (Fsp3) is 0.120. The lowest BCUT2D eigenvalue weighted by Crippen LogP contribution is -2.09. The number of benzene rings is 2. The lowest BCUT2D eigenvalue weighted by atomic mass is 10.1. The first-order valence-electron chi connectivity index (χ1n) is 10.8. The standard InChI is InChI=1S/C25H20F3N7/c26-25(27,28)17-9-11-19(12-10-17)35-22(29)20-21(16-6-2-1-3-7-16)32-24(33-23(20)34-35)31-15-13-18-8-4-5-14-30-18/h1-12,14H,13,15,29H2,(H,31,33,34). The van der Waals surface area contributed by atoms with E-state index in [1.54, 1.807) is 6.20 Å². The lowest BCUT2D eigenvalue weighted by Gasteiger charge is -2.09. The van der Waals surface area contributed by atoms with Crippen molar-refractivity contribution in [3.8, 4) is 16.9 Å². The van der Waals surface area contributed by atoms with Crippen molar-refractivity contribution in [2.24, 2.45) is 0 Å². The van der Waals surface area contributed by atoms with Crippen LogP contribution in [0.3, 0.4) is 0 Å². The Balaban J connectivity index is 1.54. The molecule has 0 unspecified atom stereocenters. The Morgan fingerprint density at radius 3 is 2.31 bits per heavy atom. The average molecular weight is 475 g/mol. The van der Waals surface area contributed by atoms with E-state index in [4.69, 9.17) is 10.7 Å². The van der Waals surface area contributed by atoms with Crippen LogP contribution < -0.4 is 11.1 Å². The van der Waals surface area contributed by atoms with E-state index in [0.29, 0.717) is 41.3 Å². The van der Waals surface area contributed by atoms with Gasteiger partial charge in [-0.1, -0.05) is 36.4 Å². The quantitative estimate of drug-likeness (QED) is 0.354. The van der Waals surface area contributed by atoms with Gasteiger partial charge in [0.1, 0.15) is 5.82 Å². The van der Waals surface area contributed by atoms with Crippen LogP contribution in [-0.2, 0) is 12.6 Å². The summed E-state index contributed by atoms with van der Waals surface area (Å²) in [5, 5.41) is 8.22. The van der Waals surface area contributed by atoms with Gasteiger partial charge in [0.05, 0.1) is 22.3 Å². The number of rotatable bonds is 6. The van der Waals surface area contributed by atoms with Crippen LogP contribution in [-0.4, -0.2) is 31.3 Å². The minimum Gasteiger partial charge on any atom is -0.383 e. The Bertz CT molecular complexity index is 1450. The van der Waals surface area contributed by atoms with Crippen molar-refractivity contribution in [2.45, 2.75) is 12.6 Å². The van der Waals surface area contributed by atoms with Crippen molar-refractivity contribution < 1.29 is 13.2 Å². The second-order valence-electron chi connectivity index (χ2n) is 7.80. The highest BCUT2D eigenvalue weighted by molar-refractivity contribution is 5.99. The van der Waals surface area contributed by atoms with Gasteiger partial charge < -0.3 is 11.1 Å². The summed E-state index contributed by atoms with van der Waals surface area (Å²) in [4.78, 5) is 13.5. The monoisotopic (exact) mass is 475 g/mol. The first-order chi connectivity index (χ1) is 16.9. The predicted molar refractivity (Wildman–Crippen MR) is 128 cm³/mol. The zero-order valence-electron chi connectivity index (χ0n) is 18.4. The van der Waals surface area contributed by atoms with Crippen LogP contribution in [0, 0.1) is 0 Å². The van der Waals surface area contributed by atoms with Crippen molar-refractivity contribution in [1.82, 2.24) is 24.7 Å². The van der Waals surface area contributed by atoms with Crippen LogP contribution in [0.5, 0.6) is 0 Å². The van der Waals surface area contributed by atoms with E-state index in [1.165, 1.54) is 16.8 Å². The molecule has 0 aliphatic heterocycles. The Morgan fingerprint density at radius 2 is 1.63 bits per heavy atom. The third kappa shape index (κ3) is 4.63. The summed E-state index contributed by atoms with van der Waals surface area (Å²) >= 11 is 0. The lowest BCUT2D eigenvalue weighted by molar-refractivity contribution is -0.137. The molecule has 3 heterocycles. The molecular formula is C25H20F3N7. The molecule has 0 radical (unpaired) electrons. The number of pyridine rings is 1. The van der Waals surface area contributed by atoms with Gasteiger partial charge in [-0.3, -0.25) is 4.98 Å². The number of hydrogen-bond donors (Lipinski definition) is 2. The molecule has 0 aliphatic carbocycles. The molecule has 0 bridgehead atoms.